The van der Waals surface area contributed by atoms with E-state index < -0.39 is 17.9 Å². The first-order valence-electron chi connectivity index (χ1n) is 14.4. The monoisotopic (exact) mass is 569 g/mol. The van der Waals surface area contributed by atoms with E-state index in [1.54, 1.807) is 42.5 Å². The Kier molecular flexibility index (Phi) is 8.34. The van der Waals surface area contributed by atoms with Crippen molar-refractivity contribution in [3.8, 4) is 11.5 Å². The van der Waals surface area contributed by atoms with E-state index in [2.05, 4.69) is 0 Å². The van der Waals surface area contributed by atoms with Gasteiger partial charge < -0.3 is 18.6 Å². The van der Waals surface area contributed by atoms with Crippen molar-refractivity contribution in [3.63, 3.8) is 0 Å². The second-order valence-corrected chi connectivity index (χ2v) is 10.3. The molecule has 2 heterocycles. The van der Waals surface area contributed by atoms with Gasteiger partial charge in [-0.2, -0.15) is 0 Å². The van der Waals surface area contributed by atoms with Crippen LogP contribution in [0.2, 0.25) is 0 Å². The lowest BCUT2D eigenvalue weighted by molar-refractivity contribution is 0.0499. The molecule has 1 aliphatic heterocycles. The van der Waals surface area contributed by atoms with Crippen LogP contribution in [-0.2, 0) is 4.74 Å². The molecule has 3 aromatic carbocycles. The Balaban J connectivity index is 1.66. The molecule has 4 aromatic rings. The molecule has 5 rings (SSSR count). The number of benzene rings is 3. The van der Waals surface area contributed by atoms with Crippen LogP contribution in [0.5, 0.6) is 11.5 Å². The molecular formula is C34H35NO7. The summed E-state index contributed by atoms with van der Waals surface area (Å²) in [5.74, 6) is 0.207. The lowest BCUT2D eigenvalue weighted by Crippen LogP contribution is -2.29. The number of amides is 1. The Morgan fingerprint density at radius 3 is 2.26 bits per heavy atom. The highest BCUT2D eigenvalue weighted by molar-refractivity contribution is 6.11. The Morgan fingerprint density at radius 2 is 1.57 bits per heavy atom. The van der Waals surface area contributed by atoms with Gasteiger partial charge >= 0.3 is 5.97 Å². The summed E-state index contributed by atoms with van der Waals surface area (Å²) in [6, 6.07) is 14.8. The molecule has 0 saturated carbocycles. The van der Waals surface area contributed by atoms with Gasteiger partial charge in [0.25, 0.3) is 5.91 Å². The number of aryl methyl sites for hydroxylation is 2. The number of carbonyl (C=O) groups excluding carboxylic acids is 2. The van der Waals surface area contributed by atoms with Crippen molar-refractivity contribution in [1.29, 1.82) is 0 Å². The first kappa shape index (κ1) is 28.9. The van der Waals surface area contributed by atoms with E-state index in [1.165, 1.54) is 4.90 Å². The lowest BCUT2D eigenvalue weighted by atomic mass is 9.96. The SMILES string of the molecule is CCCCOC(=O)c1ccc(N2C(=O)c3oc4cc(C)c(C)cc4c(=O)c3C2c2ccc(OCC)c(OCC)c2)cc1. The maximum Gasteiger partial charge on any atom is 0.338 e. The number of hydrogen-bond donors (Lipinski definition) is 0. The summed E-state index contributed by atoms with van der Waals surface area (Å²) in [5, 5.41) is 0.414. The molecule has 0 bridgehead atoms. The Labute approximate surface area is 244 Å². The van der Waals surface area contributed by atoms with Crippen LogP contribution in [-0.4, -0.2) is 31.7 Å². The van der Waals surface area contributed by atoms with Gasteiger partial charge in [-0.3, -0.25) is 14.5 Å². The van der Waals surface area contributed by atoms with E-state index in [0.717, 1.165) is 24.0 Å². The molecule has 0 saturated heterocycles. The number of carbonyl (C=O) groups is 2. The van der Waals surface area contributed by atoms with Crippen LogP contribution >= 0.6 is 0 Å². The number of unbranched alkanes of at least 4 members (excludes halogenated alkanes) is 1. The van der Waals surface area contributed by atoms with Crippen molar-refractivity contribution in [2.24, 2.45) is 0 Å². The van der Waals surface area contributed by atoms with Gasteiger partial charge in [-0.15, -0.1) is 0 Å². The second kappa shape index (κ2) is 12.1. The van der Waals surface area contributed by atoms with Gasteiger partial charge in [-0.05, 0) is 99.3 Å². The maximum atomic E-state index is 14.1. The number of rotatable bonds is 10. The standard InChI is InChI=1S/C34H35NO7/c1-6-9-16-41-34(38)22-10-13-24(14-11-22)35-30(23-12-15-26(39-7-2)28(19-23)40-8-3)29-31(36)25-17-20(4)21(5)18-27(25)42-32(29)33(35)37/h10-15,17-19,30H,6-9,16H2,1-5H3. The predicted molar refractivity (Wildman–Crippen MR) is 161 cm³/mol. The third-order valence-corrected chi connectivity index (χ3v) is 7.48. The molecule has 1 amide bonds. The molecule has 0 spiro atoms. The number of hydrogen-bond acceptors (Lipinski definition) is 7. The summed E-state index contributed by atoms with van der Waals surface area (Å²) in [5.41, 5.74) is 3.80. The third kappa shape index (κ3) is 5.24. The number of esters is 1. The summed E-state index contributed by atoms with van der Waals surface area (Å²) in [6.45, 7) is 10.9. The largest absolute Gasteiger partial charge is 0.490 e. The van der Waals surface area contributed by atoms with Crippen molar-refractivity contribution in [3.05, 3.63) is 98.4 Å². The van der Waals surface area contributed by atoms with Gasteiger partial charge in [0, 0.05) is 5.69 Å². The molecule has 8 nitrogen and oxygen atoms in total. The zero-order valence-corrected chi connectivity index (χ0v) is 24.6. The summed E-state index contributed by atoms with van der Waals surface area (Å²) in [6.07, 6.45) is 1.70. The zero-order valence-electron chi connectivity index (χ0n) is 24.6. The number of nitrogens with zero attached hydrogens (tertiary/aromatic N) is 1. The lowest BCUT2D eigenvalue weighted by Gasteiger charge is -2.26. The van der Waals surface area contributed by atoms with Crippen LogP contribution in [0.25, 0.3) is 11.0 Å². The fourth-order valence-electron chi connectivity index (χ4n) is 5.20. The Bertz CT molecular complexity index is 1700. The fourth-order valence-corrected chi connectivity index (χ4v) is 5.20. The van der Waals surface area contributed by atoms with Gasteiger partial charge in [0.2, 0.25) is 5.76 Å². The van der Waals surface area contributed by atoms with Crippen LogP contribution < -0.4 is 19.8 Å². The molecule has 1 aliphatic rings. The van der Waals surface area contributed by atoms with Crippen LogP contribution in [0.4, 0.5) is 5.69 Å². The first-order chi connectivity index (χ1) is 20.3. The van der Waals surface area contributed by atoms with E-state index in [9.17, 15) is 14.4 Å². The average Bonchev–Trinajstić information content (AvgIpc) is 3.27. The molecule has 1 aromatic heterocycles. The summed E-state index contributed by atoms with van der Waals surface area (Å²) in [7, 11) is 0. The van der Waals surface area contributed by atoms with E-state index in [4.69, 9.17) is 18.6 Å². The molecule has 1 unspecified atom stereocenters. The topological polar surface area (TPSA) is 95.3 Å². The molecule has 0 N–H and O–H groups in total. The molecule has 42 heavy (non-hydrogen) atoms. The van der Waals surface area contributed by atoms with Crippen molar-refractivity contribution < 1.29 is 28.2 Å². The summed E-state index contributed by atoms with van der Waals surface area (Å²) >= 11 is 0. The van der Waals surface area contributed by atoms with Crippen molar-refractivity contribution in [2.75, 3.05) is 24.7 Å². The highest BCUT2D eigenvalue weighted by atomic mass is 16.5. The van der Waals surface area contributed by atoms with Crippen molar-refractivity contribution >= 4 is 28.5 Å². The number of ether oxygens (including phenoxy) is 3. The van der Waals surface area contributed by atoms with Gasteiger partial charge in [0.15, 0.2) is 16.9 Å². The van der Waals surface area contributed by atoms with Gasteiger partial charge in [0.05, 0.1) is 42.4 Å². The minimum Gasteiger partial charge on any atom is -0.490 e. The summed E-state index contributed by atoms with van der Waals surface area (Å²) in [4.78, 5) is 42.2. The molecule has 0 fully saturated rings. The minimum atomic E-state index is -0.799. The van der Waals surface area contributed by atoms with Crippen LogP contribution in [0.15, 0.2) is 63.8 Å². The quantitative estimate of drug-likeness (QED) is 0.151. The predicted octanol–water partition coefficient (Wildman–Crippen LogP) is 6.91. The van der Waals surface area contributed by atoms with E-state index in [-0.39, 0.29) is 16.8 Å². The summed E-state index contributed by atoms with van der Waals surface area (Å²) < 4.78 is 23.1. The maximum absolute atomic E-state index is 14.1. The Hall–Kier alpha value is -4.59. The van der Waals surface area contributed by atoms with E-state index in [1.807, 2.05) is 46.8 Å². The highest BCUT2D eigenvalue weighted by Crippen LogP contribution is 2.43. The third-order valence-electron chi connectivity index (χ3n) is 7.48. The molecule has 8 heteroatoms. The van der Waals surface area contributed by atoms with Crippen molar-refractivity contribution in [2.45, 2.75) is 53.5 Å². The average molecular weight is 570 g/mol. The normalized spacial score (nSPS) is 14.3. The first-order valence-corrected chi connectivity index (χ1v) is 14.4. The van der Waals surface area contributed by atoms with Gasteiger partial charge in [0.1, 0.15) is 5.58 Å². The van der Waals surface area contributed by atoms with E-state index in [0.29, 0.717) is 59.1 Å². The molecule has 0 aliphatic carbocycles. The van der Waals surface area contributed by atoms with Gasteiger partial charge in [-0.25, -0.2) is 4.79 Å². The molecular weight excluding hydrogens is 534 g/mol. The number of anilines is 1. The minimum absolute atomic E-state index is 0.00403. The van der Waals surface area contributed by atoms with Crippen LogP contribution in [0, 0.1) is 13.8 Å². The molecule has 1 atom stereocenters. The van der Waals surface area contributed by atoms with Crippen LogP contribution in [0.3, 0.4) is 0 Å². The smallest absolute Gasteiger partial charge is 0.338 e. The molecule has 0 radical (unpaired) electrons. The van der Waals surface area contributed by atoms with Crippen LogP contribution in [0.1, 0.15) is 82.8 Å². The zero-order chi connectivity index (χ0) is 30.0. The van der Waals surface area contributed by atoms with Crippen molar-refractivity contribution in [1.82, 2.24) is 0 Å². The Morgan fingerprint density at radius 1 is 0.881 bits per heavy atom. The van der Waals surface area contributed by atoms with Gasteiger partial charge in [-0.1, -0.05) is 19.4 Å². The second-order valence-electron chi connectivity index (χ2n) is 10.3. The number of fused-ring (bicyclic) bond motifs is 2. The highest BCUT2D eigenvalue weighted by Gasteiger charge is 2.44. The van der Waals surface area contributed by atoms with E-state index >= 15 is 0 Å². The molecule has 218 valence electrons. The fraction of sp³-hybridized carbons (Fsp3) is 0.324.